The van der Waals surface area contributed by atoms with Gasteiger partial charge in [-0.15, -0.1) is 0 Å². The molecular weight excluding hydrogens is 263 g/mol. The third-order valence-electron chi connectivity index (χ3n) is 3.05. The van der Waals surface area contributed by atoms with E-state index in [-0.39, 0.29) is 5.02 Å². The summed E-state index contributed by atoms with van der Waals surface area (Å²) in [4.78, 5) is 2.07. The highest BCUT2D eigenvalue weighted by Crippen LogP contribution is 2.27. The Hall–Kier alpha value is -1.74. The van der Waals surface area contributed by atoms with Crippen LogP contribution in [-0.2, 0) is 6.54 Å². The zero-order valence-electron chi connectivity index (χ0n) is 10.7. The normalized spacial score (nSPS) is 10.5. The summed E-state index contributed by atoms with van der Waals surface area (Å²) < 4.78 is 13.4. The molecule has 0 atom stereocenters. The molecule has 2 rings (SSSR count). The summed E-state index contributed by atoms with van der Waals surface area (Å²) in [5, 5.41) is 0.176. The Morgan fingerprint density at radius 2 is 1.89 bits per heavy atom. The minimum atomic E-state index is -0.392. The fourth-order valence-electron chi connectivity index (χ4n) is 2.02. The van der Waals surface area contributed by atoms with E-state index in [0.29, 0.717) is 12.2 Å². The van der Waals surface area contributed by atoms with Crippen molar-refractivity contribution >= 4 is 23.0 Å². The van der Waals surface area contributed by atoms with E-state index in [2.05, 4.69) is 4.90 Å². The van der Waals surface area contributed by atoms with Crippen molar-refractivity contribution in [2.45, 2.75) is 13.5 Å². The molecule has 0 aliphatic heterocycles. The van der Waals surface area contributed by atoms with Crippen molar-refractivity contribution in [1.82, 2.24) is 0 Å². The molecule has 0 radical (unpaired) electrons. The lowest BCUT2D eigenvalue weighted by Gasteiger charge is -2.25. The maximum Gasteiger partial charge on any atom is 0.142 e. The number of nitrogens with two attached hydrogens (primary N) is 1. The maximum absolute atomic E-state index is 13.4. The van der Waals surface area contributed by atoms with Gasteiger partial charge in [0.15, 0.2) is 0 Å². The highest BCUT2D eigenvalue weighted by Gasteiger charge is 2.12. The van der Waals surface area contributed by atoms with Gasteiger partial charge in [-0.25, -0.2) is 4.39 Å². The summed E-state index contributed by atoms with van der Waals surface area (Å²) in [5.41, 5.74) is 8.37. The molecule has 0 spiro atoms. The Labute approximate surface area is 117 Å². The molecule has 0 fully saturated rings. The third kappa shape index (κ3) is 2.99. The largest absolute Gasteiger partial charge is 0.397 e. The predicted molar refractivity (Wildman–Crippen MR) is 79.0 cm³/mol. The number of rotatable bonds is 4. The molecule has 0 unspecified atom stereocenters. The standard InChI is InChI=1S/C15H16ClFN2/c1-2-19(14-9-4-3-8-13(14)18)10-11-6-5-7-12(17)15(11)16/h3-9H,2,10,18H2,1H3. The molecule has 100 valence electrons. The van der Waals surface area contributed by atoms with Crippen molar-refractivity contribution < 1.29 is 4.39 Å². The average Bonchev–Trinajstić information content (AvgIpc) is 2.41. The number of nitrogens with zero attached hydrogens (tertiary/aromatic N) is 1. The molecule has 2 aromatic rings. The first-order valence-electron chi connectivity index (χ1n) is 6.15. The molecule has 0 aromatic heterocycles. The molecule has 0 saturated heterocycles. The number of para-hydroxylation sites is 2. The van der Waals surface area contributed by atoms with Gasteiger partial charge in [0.05, 0.1) is 16.4 Å². The second kappa shape index (κ2) is 5.93. The number of benzene rings is 2. The van der Waals surface area contributed by atoms with E-state index in [9.17, 15) is 4.39 Å². The van der Waals surface area contributed by atoms with Crippen molar-refractivity contribution in [2.24, 2.45) is 0 Å². The van der Waals surface area contributed by atoms with Crippen molar-refractivity contribution in [3.8, 4) is 0 Å². The van der Waals surface area contributed by atoms with Gasteiger partial charge in [-0.2, -0.15) is 0 Å². The molecule has 0 aliphatic carbocycles. The quantitative estimate of drug-likeness (QED) is 0.854. The van der Waals surface area contributed by atoms with Crippen LogP contribution in [0.5, 0.6) is 0 Å². The SMILES string of the molecule is CCN(Cc1cccc(F)c1Cl)c1ccccc1N. The van der Waals surface area contributed by atoms with Gasteiger partial charge in [0.2, 0.25) is 0 Å². The van der Waals surface area contributed by atoms with Crippen molar-refractivity contribution in [2.75, 3.05) is 17.2 Å². The van der Waals surface area contributed by atoms with Crippen LogP contribution in [0.15, 0.2) is 42.5 Å². The fourth-order valence-corrected chi connectivity index (χ4v) is 2.20. The summed E-state index contributed by atoms with van der Waals surface area (Å²) in [7, 11) is 0. The maximum atomic E-state index is 13.4. The molecule has 2 aromatic carbocycles. The zero-order chi connectivity index (χ0) is 13.8. The minimum Gasteiger partial charge on any atom is -0.397 e. The lowest BCUT2D eigenvalue weighted by atomic mass is 10.1. The molecule has 0 amide bonds. The first kappa shape index (κ1) is 13.7. The topological polar surface area (TPSA) is 29.3 Å². The van der Waals surface area contributed by atoms with Crippen LogP contribution in [-0.4, -0.2) is 6.54 Å². The molecule has 2 N–H and O–H groups in total. The second-order valence-corrected chi connectivity index (χ2v) is 4.66. The molecular formula is C15H16ClFN2. The Morgan fingerprint density at radius 1 is 1.16 bits per heavy atom. The summed E-state index contributed by atoms with van der Waals surface area (Å²) in [6, 6.07) is 12.5. The van der Waals surface area contributed by atoms with Gasteiger partial charge in [0.1, 0.15) is 5.82 Å². The van der Waals surface area contributed by atoms with E-state index in [0.717, 1.165) is 17.8 Å². The van der Waals surface area contributed by atoms with E-state index in [1.165, 1.54) is 6.07 Å². The fraction of sp³-hybridized carbons (Fsp3) is 0.200. The molecule has 0 bridgehead atoms. The van der Waals surface area contributed by atoms with E-state index < -0.39 is 5.82 Å². The summed E-state index contributed by atoms with van der Waals surface area (Å²) in [6.45, 7) is 3.32. The number of nitrogen functional groups attached to an aromatic ring is 1. The van der Waals surface area contributed by atoms with E-state index in [1.54, 1.807) is 6.07 Å². The van der Waals surface area contributed by atoms with Crippen LogP contribution >= 0.6 is 11.6 Å². The number of hydrogen-bond acceptors (Lipinski definition) is 2. The lowest BCUT2D eigenvalue weighted by Crippen LogP contribution is -2.23. The molecule has 0 saturated carbocycles. The Kier molecular flexibility index (Phi) is 4.27. The van der Waals surface area contributed by atoms with Gasteiger partial charge in [-0.1, -0.05) is 35.9 Å². The van der Waals surface area contributed by atoms with Crippen molar-refractivity contribution in [1.29, 1.82) is 0 Å². The predicted octanol–water partition coefficient (Wildman–Crippen LogP) is 4.09. The second-order valence-electron chi connectivity index (χ2n) is 4.29. The van der Waals surface area contributed by atoms with Gasteiger partial charge in [-0.05, 0) is 30.7 Å². The average molecular weight is 279 g/mol. The number of hydrogen-bond donors (Lipinski definition) is 1. The van der Waals surface area contributed by atoms with Crippen molar-refractivity contribution in [3.05, 3.63) is 58.9 Å². The van der Waals surface area contributed by atoms with Gasteiger partial charge in [0.25, 0.3) is 0 Å². The smallest absolute Gasteiger partial charge is 0.142 e. The van der Waals surface area contributed by atoms with Gasteiger partial charge >= 0.3 is 0 Å². The monoisotopic (exact) mass is 278 g/mol. The highest BCUT2D eigenvalue weighted by molar-refractivity contribution is 6.31. The van der Waals surface area contributed by atoms with Crippen molar-refractivity contribution in [3.63, 3.8) is 0 Å². The third-order valence-corrected chi connectivity index (χ3v) is 3.48. The van der Waals surface area contributed by atoms with Gasteiger partial charge < -0.3 is 10.6 Å². The summed E-state index contributed by atoms with van der Waals surface area (Å²) >= 11 is 5.99. The van der Waals surface area contributed by atoms with Gasteiger partial charge in [-0.3, -0.25) is 0 Å². The highest BCUT2D eigenvalue weighted by atomic mass is 35.5. The lowest BCUT2D eigenvalue weighted by molar-refractivity contribution is 0.625. The van der Waals surface area contributed by atoms with Crippen LogP contribution in [0.1, 0.15) is 12.5 Å². The molecule has 4 heteroatoms. The van der Waals surface area contributed by atoms with Crippen LogP contribution < -0.4 is 10.6 Å². The Morgan fingerprint density at radius 3 is 2.58 bits per heavy atom. The number of anilines is 2. The van der Waals surface area contributed by atoms with Crippen LogP contribution in [0, 0.1) is 5.82 Å². The Bertz CT molecular complexity index is 572. The zero-order valence-corrected chi connectivity index (χ0v) is 11.5. The minimum absolute atomic E-state index is 0.176. The van der Waals surface area contributed by atoms with E-state index in [1.807, 2.05) is 37.3 Å². The summed E-state index contributed by atoms with van der Waals surface area (Å²) in [5.74, 6) is -0.392. The van der Waals surface area contributed by atoms with Crippen LogP contribution in [0.3, 0.4) is 0 Å². The van der Waals surface area contributed by atoms with E-state index >= 15 is 0 Å². The first-order valence-corrected chi connectivity index (χ1v) is 6.53. The molecule has 2 nitrogen and oxygen atoms in total. The van der Waals surface area contributed by atoms with E-state index in [4.69, 9.17) is 17.3 Å². The summed E-state index contributed by atoms with van der Waals surface area (Å²) in [6.07, 6.45) is 0. The van der Waals surface area contributed by atoms with Gasteiger partial charge in [0, 0.05) is 13.1 Å². The molecule has 0 heterocycles. The first-order chi connectivity index (χ1) is 9.13. The number of halogens is 2. The van der Waals surface area contributed by atoms with Crippen LogP contribution in [0.25, 0.3) is 0 Å². The molecule has 0 aliphatic rings. The molecule has 19 heavy (non-hydrogen) atoms. The van der Waals surface area contributed by atoms with Crippen LogP contribution in [0.2, 0.25) is 5.02 Å². The Balaban J connectivity index is 2.30. The van der Waals surface area contributed by atoms with Crippen LogP contribution in [0.4, 0.5) is 15.8 Å².